The fourth-order valence-electron chi connectivity index (χ4n) is 5.01. The first-order valence-electron chi connectivity index (χ1n) is 12.3. The maximum Gasteiger partial charge on any atom is 0.303 e. The standard InChI is InChI=1S/C28H32N4O4/c1-36-23-6-7-26-25(17-23)24(10-12-31-26)27(33)8-4-20-11-16-32(19-21(20)5-9-28(34)35)15-2-3-22-18-29-13-14-30-22/h6-7,10,12-14,17-18,20-21,27,33H,4-5,8-9,11,15-16,19H2,1H3,(H,34,35)/t20-,21-,27-/m1/s1. The van der Waals surface area contributed by atoms with Crippen LogP contribution in [0.5, 0.6) is 5.75 Å². The summed E-state index contributed by atoms with van der Waals surface area (Å²) in [6, 6.07) is 7.54. The zero-order valence-electron chi connectivity index (χ0n) is 20.5. The molecule has 0 saturated carbocycles. The van der Waals surface area contributed by atoms with Crippen LogP contribution in [-0.2, 0) is 4.79 Å². The van der Waals surface area contributed by atoms with E-state index in [1.165, 1.54) is 0 Å². The Morgan fingerprint density at radius 2 is 2.08 bits per heavy atom. The predicted octanol–water partition coefficient (Wildman–Crippen LogP) is 3.70. The van der Waals surface area contributed by atoms with Gasteiger partial charge in [0.25, 0.3) is 0 Å². The third-order valence-electron chi connectivity index (χ3n) is 6.94. The molecule has 3 atom stereocenters. The van der Waals surface area contributed by atoms with Crippen LogP contribution in [0.1, 0.15) is 49.5 Å². The number of fused-ring (bicyclic) bond motifs is 1. The van der Waals surface area contributed by atoms with E-state index in [2.05, 4.69) is 31.7 Å². The molecule has 1 aliphatic heterocycles. The Morgan fingerprint density at radius 3 is 2.86 bits per heavy atom. The highest BCUT2D eigenvalue weighted by molar-refractivity contribution is 5.83. The highest BCUT2D eigenvalue weighted by Crippen LogP contribution is 2.35. The van der Waals surface area contributed by atoms with Gasteiger partial charge in [-0.15, -0.1) is 0 Å². The number of carboxylic acid groups (broad SMARTS) is 1. The highest BCUT2D eigenvalue weighted by atomic mass is 16.5. The monoisotopic (exact) mass is 488 g/mol. The molecule has 2 N–H and O–H groups in total. The fourth-order valence-corrected chi connectivity index (χ4v) is 5.01. The van der Waals surface area contributed by atoms with Crippen LogP contribution in [-0.4, -0.2) is 62.8 Å². The minimum atomic E-state index is -0.773. The van der Waals surface area contributed by atoms with Crippen molar-refractivity contribution in [1.82, 2.24) is 19.9 Å². The van der Waals surface area contributed by atoms with Gasteiger partial charge in [-0.2, -0.15) is 0 Å². The molecular weight excluding hydrogens is 456 g/mol. The lowest BCUT2D eigenvalue weighted by Gasteiger charge is -2.38. The highest BCUT2D eigenvalue weighted by Gasteiger charge is 2.29. The molecule has 0 bridgehead atoms. The molecule has 1 fully saturated rings. The molecule has 0 amide bonds. The van der Waals surface area contributed by atoms with Gasteiger partial charge in [-0.1, -0.05) is 5.92 Å². The molecule has 1 saturated heterocycles. The summed E-state index contributed by atoms with van der Waals surface area (Å²) in [6.07, 6.45) is 9.15. The molecule has 0 radical (unpaired) electrons. The lowest BCUT2D eigenvalue weighted by atomic mass is 9.79. The first kappa shape index (κ1) is 25.5. The molecule has 2 aromatic heterocycles. The smallest absolute Gasteiger partial charge is 0.303 e. The number of hydrogen-bond acceptors (Lipinski definition) is 7. The number of ether oxygens (including phenoxy) is 1. The zero-order valence-corrected chi connectivity index (χ0v) is 20.5. The molecule has 188 valence electrons. The third-order valence-corrected chi connectivity index (χ3v) is 6.94. The van der Waals surface area contributed by atoms with Crippen molar-refractivity contribution in [2.75, 3.05) is 26.7 Å². The van der Waals surface area contributed by atoms with Crippen LogP contribution in [0.15, 0.2) is 49.1 Å². The lowest BCUT2D eigenvalue weighted by molar-refractivity contribution is -0.137. The first-order chi connectivity index (χ1) is 17.5. The van der Waals surface area contributed by atoms with Gasteiger partial charge in [-0.05, 0) is 79.8 Å². The van der Waals surface area contributed by atoms with Crippen LogP contribution in [0.3, 0.4) is 0 Å². The van der Waals surface area contributed by atoms with E-state index in [0.29, 0.717) is 31.0 Å². The molecule has 8 heteroatoms. The Balaban J connectivity index is 1.39. The van der Waals surface area contributed by atoms with Crippen molar-refractivity contribution >= 4 is 16.9 Å². The van der Waals surface area contributed by atoms with E-state index in [1.807, 2.05) is 24.3 Å². The van der Waals surface area contributed by atoms with Crippen molar-refractivity contribution in [2.45, 2.75) is 38.2 Å². The lowest BCUT2D eigenvalue weighted by Crippen LogP contribution is -2.41. The second-order valence-corrected chi connectivity index (χ2v) is 9.25. The van der Waals surface area contributed by atoms with E-state index < -0.39 is 12.1 Å². The SMILES string of the molecule is COc1ccc2nccc([C@H](O)CC[C@@H]3CCN(CC#Cc4cnccn4)C[C@H]3CCC(=O)O)c2c1. The van der Waals surface area contributed by atoms with E-state index in [1.54, 1.807) is 31.9 Å². The number of rotatable bonds is 9. The van der Waals surface area contributed by atoms with Crippen molar-refractivity contribution < 1.29 is 19.7 Å². The molecule has 1 aliphatic rings. The summed E-state index contributed by atoms with van der Waals surface area (Å²) in [5.74, 6) is 6.77. The largest absolute Gasteiger partial charge is 0.497 e. The van der Waals surface area contributed by atoms with Gasteiger partial charge < -0.3 is 14.9 Å². The summed E-state index contributed by atoms with van der Waals surface area (Å²) < 4.78 is 5.36. The van der Waals surface area contributed by atoms with Gasteiger partial charge >= 0.3 is 5.97 Å². The van der Waals surface area contributed by atoms with Gasteiger partial charge in [0, 0.05) is 36.9 Å². The second kappa shape index (κ2) is 12.4. The Bertz CT molecular complexity index is 1220. The first-order valence-corrected chi connectivity index (χ1v) is 12.3. The van der Waals surface area contributed by atoms with Crippen LogP contribution in [0.4, 0.5) is 0 Å². The van der Waals surface area contributed by atoms with Crippen molar-refractivity contribution in [3.8, 4) is 17.6 Å². The van der Waals surface area contributed by atoms with Crippen LogP contribution < -0.4 is 4.74 Å². The maximum absolute atomic E-state index is 11.3. The molecule has 3 aromatic rings. The minimum Gasteiger partial charge on any atom is -0.497 e. The van der Waals surface area contributed by atoms with Crippen LogP contribution in [0, 0.1) is 23.7 Å². The maximum atomic E-state index is 11.3. The molecule has 8 nitrogen and oxygen atoms in total. The van der Waals surface area contributed by atoms with E-state index in [-0.39, 0.29) is 12.3 Å². The number of likely N-dealkylation sites (tertiary alicyclic amines) is 1. The number of nitrogens with zero attached hydrogens (tertiary/aromatic N) is 4. The molecule has 3 heterocycles. The second-order valence-electron chi connectivity index (χ2n) is 9.25. The molecule has 4 rings (SSSR count). The summed E-state index contributed by atoms with van der Waals surface area (Å²) in [5.41, 5.74) is 2.31. The van der Waals surface area contributed by atoms with Crippen molar-refractivity contribution in [3.63, 3.8) is 0 Å². The molecule has 0 spiro atoms. The van der Waals surface area contributed by atoms with Crippen molar-refractivity contribution in [1.29, 1.82) is 0 Å². The van der Waals surface area contributed by atoms with Gasteiger partial charge in [-0.25, -0.2) is 4.98 Å². The average molecular weight is 489 g/mol. The van der Waals surface area contributed by atoms with Crippen LogP contribution in [0.25, 0.3) is 10.9 Å². The van der Waals surface area contributed by atoms with E-state index in [9.17, 15) is 15.0 Å². The number of hydrogen-bond donors (Lipinski definition) is 2. The molecular formula is C28H32N4O4. The Hall–Kier alpha value is -3.54. The number of carboxylic acids is 1. The van der Waals surface area contributed by atoms with Crippen molar-refractivity contribution in [3.05, 3.63) is 60.3 Å². The molecule has 0 unspecified atom stereocenters. The van der Waals surface area contributed by atoms with E-state index in [0.717, 1.165) is 48.1 Å². The topological polar surface area (TPSA) is 109 Å². The summed E-state index contributed by atoms with van der Waals surface area (Å²) in [6.45, 7) is 2.31. The Morgan fingerprint density at radius 1 is 1.19 bits per heavy atom. The molecule has 36 heavy (non-hydrogen) atoms. The number of methoxy groups -OCH3 is 1. The summed E-state index contributed by atoms with van der Waals surface area (Å²) in [5, 5.41) is 21.3. The fraction of sp³-hybridized carbons (Fsp3) is 0.429. The number of piperidine rings is 1. The van der Waals surface area contributed by atoms with Gasteiger partial charge in [0.1, 0.15) is 11.4 Å². The number of pyridine rings is 1. The number of carbonyl (C=O) groups is 1. The zero-order chi connectivity index (χ0) is 25.3. The molecule has 1 aromatic carbocycles. The van der Waals surface area contributed by atoms with Gasteiger partial charge in [0.05, 0.1) is 31.5 Å². The molecule has 0 aliphatic carbocycles. The number of aliphatic hydroxyl groups is 1. The summed E-state index contributed by atoms with van der Waals surface area (Å²) in [7, 11) is 1.62. The van der Waals surface area contributed by atoms with Gasteiger partial charge in [0.15, 0.2) is 0 Å². The van der Waals surface area contributed by atoms with E-state index >= 15 is 0 Å². The predicted molar refractivity (Wildman–Crippen MR) is 136 cm³/mol. The Labute approximate surface area is 211 Å². The average Bonchev–Trinajstić information content (AvgIpc) is 2.91. The summed E-state index contributed by atoms with van der Waals surface area (Å²) >= 11 is 0. The number of aromatic nitrogens is 3. The third kappa shape index (κ3) is 6.78. The normalized spacial score (nSPS) is 18.8. The number of aliphatic carboxylic acids is 1. The van der Waals surface area contributed by atoms with Crippen LogP contribution in [0.2, 0.25) is 0 Å². The van der Waals surface area contributed by atoms with Gasteiger partial charge in [-0.3, -0.25) is 19.7 Å². The van der Waals surface area contributed by atoms with Gasteiger partial charge in [0.2, 0.25) is 0 Å². The number of aliphatic hydroxyl groups excluding tert-OH is 1. The summed E-state index contributed by atoms with van der Waals surface area (Å²) in [4.78, 5) is 26.2. The van der Waals surface area contributed by atoms with Crippen molar-refractivity contribution in [2.24, 2.45) is 11.8 Å². The quantitative estimate of drug-likeness (QED) is 0.439. The number of benzene rings is 1. The van der Waals surface area contributed by atoms with Crippen LogP contribution >= 0.6 is 0 Å². The Kier molecular flexibility index (Phi) is 8.82. The van der Waals surface area contributed by atoms with E-state index in [4.69, 9.17) is 4.74 Å². The minimum absolute atomic E-state index is 0.150.